The van der Waals surface area contributed by atoms with Crippen molar-refractivity contribution >= 4 is 5.91 Å². The Morgan fingerprint density at radius 2 is 2.29 bits per heavy atom. The molecule has 4 nitrogen and oxygen atoms in total. The van der Waals surface area contributed by atoms with Crippen LogP contribution in [0.1, 0.15) is 39.0 Å². The van der Waals surface area contributed by atoms with E-state index in [4.69, 9.17) is 5.73 Å². The molecule has 98 valence electrons. The van der Waals surface area contributed by atoms with E-state index in [1.54, 1.807) is 0 Å². The van der Waals surface area contributed by atoms with Crippen molar-refractivity contribution in [3.8, 4) is 0 Å². The number of primary amides is 1. The minimum atomic E-state index is -0.449. The number of rotatable bonds is 4. The fourth-order valence-electron chi connectivity index (χ4n) is 3.43. The molecule has 4 heteroatoms. The fourth-order valence-corrected chi connectivity index (χ4v) is 3.43. The third kappa shape index (κ3) is 2.33. The second kappa shape index (κ2) is 4.94. The van der Waals surface area contributed by atoms with Crippen LogP contribution in [0.4, 0.5) is 0 Å². The molecule has 3 unspecified atom stereocenters. The molecule has 1 aliphatic heterocycles. The predicted octanol–water partition coefficient (Wildman–Crippen LogP) is 0.714. The minimum Gasteiger partial charge on any atom is -0.368 e. The molecular weight excluding hydrogens is 214 g/mol. The molecule has 0 bridgehead atoms. The van der Waals surface area contributed by atoms with Crippen LogP contribution in [0.2, 0.25) is 0 Å². The van der Waals surface area contributed by atoms with Crippen molar-refractivity contribution < 1.29 is 4.79 Å². The van der Waals surface area contributed by atoms with Crippen LogP contribution in [-0.4, -0.2) is 42.5 Å². The van der Waals surface area contributed by atoms with E-state index >= 15 is 0 Å². The lowest BCUT2D eigenvalue weighted by atomic mass is 9.96. The monoisotopic (exact) mass is 239 g/mol. The van der Waals surface area contributed by atoms with Crippen LogP contribution in [0.25, 0.3) is 0 Å². The number of nitrogens with one attached hydrogen (secondary N) is 1. The fraction of sp³-hybridized carbons (Fsp3) is 0.923. The van der Waals surface area contributed by atoms with Gasteiger partial charge in [-0.2, -0.15) is 0 Å². The molecule has 1 amide bonds. The summed E-state index contributed by atoms with van der Waals surface area (Å²) in [6.45, 7) is 4.67. The number of hydrogen-bond donors (Lipinski definition) is 2. The summed E-state index contributed by atoms with van der Waals surface area (Å²) in [7, 11) is 1.85. The van der Waals surface area contributed by atoms with Crippen LogP contribution in [-0.2, 0) is 4.79 Å². The van der Waals surface area contributed by atoms with Gasteiger partial charge in [-0.1, -0.05) is 13.3 Å². The van der Waals surface area contributed by atoms with Gasteiger partial charge in [0.25, 0.3) is 0 Å². The number of likely N-dealkylation sites (N-methyl/N-ethyl adjacent to an activating group) is 1. The van der Waals surface area contributed by atoms with Crippen LogP contribution in [0.3, 0.4) is 0 Å². The Balaban J connectivity index is 1.96. The molecule has 3 N–H and O–H groups in total. The molecule has 1 aliphatic carbocycles. The summed E-state index contributed by atoms with van der Waals surface area (Å²) >= 11 is 0. The molecule has 1 saturated heterocycles. The third-order valence-electron chi connectivity index (χ3n) is 4.85. The maximum absolute atomic E-state index is 11.6. The van der Waals surface area contributed by atoms with Crippen molar-refractivity contribution in [2.45, 2.75) is 50.6 Å². The Morgan fingerprint density at radius 3 is 2.76 bits per heavy atom. The molecular formula is C13H25N3O. The van der Waals surface area contributed by atoms with Crippen molar-refractivity contribution in [3.63, 3.8) is 0 Å². The quantitative estimate of drug-likeness (QED) is 0.760. The molecule has 0 aromatic rings. The van der Waals surface area contributed by atoms with E-state index in [9.17, 15) is 4.79 Å². The topological polar surface area (TPSA) is 58.4 Å². The molecule has 0 aromatic carbocycles. The zero-order chi connectivity index (χ0) is 12.5. The molecule has 17 heavy (non-hydrogen) atoms. The van der Waals surface area contributed by atoms with E-state index in [0.29, 0.717) is 6.04 Å². The standard InChI is InChI=1S/C13H25N3O/c1-3-10-5-7-16(9-10)11-4-6-13(8-11,15-2)12(14)17/h10-11,15H,3-9H2,1-2H3,(H2,14,17). The number of amides is 1. The summed E-state index contributed by atoms with van der Waals surface area (Å²) in [5.74, 6) is 0.668. The molecule has 3 atom stereocenters. The number of hydrogen-bond acceptors (Lipinski definition) is 3. The lowest BCUT2D eigenvalue weighted by molar-refractivity contribution is -0.124. The van der Waals surface area contributed by atoms with Gasteiger partial charge in [-0.05, 0) is 45.2 Å². The Kier molecular flexibility index (Phi) is 3.73. The highest BCUT2D eigenvalue weighted by atomic mass is 16.1. The van der Waals surface area contributed by atoms with Crippen molar-refractivity contribution in [3.05, 3.63) is 0 Å². The third-order valence-corrected chi connectivity index (χ3v) is 4.85. The van der Waals surface area contributed by atoms with E-state index in [-0.39, 0.29) is 5.91 Å². The largest absolute Gasteiger partial charge is 0.368 e. The minimum absolute atomic E-state index is 0.186. The van der Waals surface area contributed by atoms with Gasteiger partial charge in [-0.3, -0.25) is 4.79 Å². The maximum atomic E-state index is 11.6. The predicted molar refractivity (Wildman–Crippen MR) is 68.6 cm³/mol. The average molecular weight is 239 g/mol. The van der Waals surface area contributed by atoms with Gasteiger partial charge in [0.2, 0.25) is 5.91 Å². The Hall–Kier alpha value is -0.610. The van der Waals surface area contributed by atoms with Gasteiger partial charge in [0.15, 0.2) is 0 Å². The van der Waals surface area contributed by atoms with Gasteiger partial charge < -0.3 is 16.0 Å². The summed E-state index contributed by atoms with van der Waals surface area (Å²) in [5.41, 5.74) is 5.09. The molecule has 2 rings (SSSR count). The van der Waals surface area contributed by atoms with Gasteiger partial charge in [-0.25, -0.2) is 0 Å². The van der Waals surface area contributed by atoms with Crippen molar-refractivity contribution in [2.24, 2.45) is 11.7 Å². The molecule has 0 spiro atoms. The van der Waals surface area contributed by atoms with Crippen molar-refractivity contribution in [2.75, 3.05) is 20.1 Å². The summed E-state index contributed by atoms with van der Waals surface area (Å²) in [4.78, 5) is 14.1. The number of likely N-dealkylation sites (tertiary alicyclic amines) is 1. The highest BCUT2D eigenvalue weighted by Crippen LogP contribution is 2.35. The molecule has 2 aliphatic rings. The number of carbonyl (C=O) groups excluding carboxylic acids is 1. The molecule has 1 saturated carbocycles. The Bertz CT molecular complexity index is 294. The van der Waals surface area contributed by atoms with Gasteiger partial charge in [0, 0.05) is 12.6 Å². The van der Waals surface area contributed by atoms with E-state index < -0.39 is 5.54 Å². The van der Waals surface area contributed by atoms with E-state index in [2.05, 4.69) is 17.1 Å². The van der Waals surface area contributed by atoms with E-state index in [0.717, 1.165) is 25.2 Å². The van der Waals surface area contributed by atoms with Gasteiger partial charge in [-0.15, -0.1) is 0 Å². The molecule has 0 radical (unpaired) electrons. The zero-order valence-electron chi connectivity index (χ0n) is 11.0. The first-order valence-electron chi connectivity index (χ1n) is 6.84. The summed E-state index contributed by atoms with van der Waals surface area (Å²) in [6.07, 6.45) is 5.46. The highest BCUT2D eigenvalue weighted by molar-refractivity contribution is 5.85. The Labute approximate surface area is 104 Å². The highest BCUT2D eigenvalue weighted by Gasteiger charge is 2.45. The van der Waals surface area contributed by atoms with Crippen LogP contribution in [0, 0.1) is 5.92 Å². The van der Waals surface area contributed by atoms with Crippen molar-refractivity contribution in [1.29, 1.82) is 0 Å². The van der Waals surface area contributed by atoms with E-state index in [1.165, 1.54) is 25.9 Å². The van der Waals surface area contributed by atoms with Gasteiger partial charge in [0.1, 0.15) is 0 Å². The Morgan fingerprint density at radius 1 is 1.53 bits per heavy atom. The number of nitrogens with two attached hydrogens (primary N) is 1. The van der Waals surface area contributed by atoms with Crippen LogP contribution < -0.4 is 11.1 Å². The summed E-state index contributed by atoms with van der Waals surface area (Å²) in [5, 5.41) is 3.15. The van der Waals surface area contributed by atoms with Crippen molar-refractivity contribution in [1.82, 2.24) is 10.2 Å². The van der Waals surface area contributed by atoms with Crippen LogP contribution in [0.15, 0.2) is 0 Å². The van der Waals surface area contributed by atoms with Gasteiger partial charge in [0.05, 0.1) is 5.54 Å². The van der Waals surface area contributed by atoms with E-state index in [1.807, 2.05) is 7.05 Å². The van der Waals surface area contributed by atoms with Crippen LogP contribution >= 0.6 is 0 Å². The number of nitrogens with zero attached hydrogens (tertiary/aromatic N) is 1. The number of carbonyl (C=O) groups is 1. The zero-order valence-corrected chi connectivity index (χ0v) is 11.0. The van der Waals surface area contributed by atoms with Gasteiger partial charge >= 0.3 is 0 Å². The normalized spacial score (nSPS) is 38.7. The first-order valence-corrected chi connectivity index (χ1v) is 6.84. The SMILES string of the molecule is CCC1CCN(C2CCC(NC)(C(N)=O)C2)C1. The lowest BCUT2D eigenvalue weighted by Crippen LogP contribution is -2.53. The first-order chi connectivity index (χ1) is 8.11. The first kappa shape index (κ1) is 12.8. The second-order valence-corrected chi connectivity index (χ2v) is 5.65. The molecule has 1 heterocycles. The average Bonchev–Trinajstić information content (AvgIpc) is 2.96. The smallest absolute Gasteiger partial charge is 0.237 e. The molecule has 2 fully saturated rings. The lowest BCUT2D eigenvalue weighted by Gasteiger charge is -2.28. The summed E-state index contributed by atoms with van der Waals surface area (Å²) < 4.78 is 0. The summed E-state index contributed by atoms with van der Waals surface area (Å²) in [6, 6.07) is 0.548. The molecule has 0 aromatic heterocycles. The second-order valence-electron chi connectivity index (χ2n) is 5.65. The maximum Gasteiger partial charge on any atom is 0.237 e. The van der Waals surface area contributed by atoms with Crippen LogP contribution in [0.5, 0.6) is 0 Å².